The molecule has 4 nitrogen and oxygen atoms in total. The smallest absolute Gasteiger partial charge is 0.150 e. The van der Waals surface area contributed by atoms with Gasteiger partial charge in [-0.05, 0) is 36.8 Å². The van der Waals surface area contributed by atoms with Crippen LogP contribution in [0, 0.1) is 12.7 Å². The van der Waals surface area contributed by atoms with Crippen molar-refractivity contribution in [1.82, 2.24) is 4.98 Å². The fourth-order valence-electron chi connectivity index (χ4n) is 2.44. The molecule has 0 bridgehead atoms. The van der Waals surface area contributed by atoms with Crippen LogP contribution in [-0.4, -0.2) is 25.3 Å². The van der Waals surface area contributed by atoms with Gasteiger partial charge in [0.2, 0.25) is 0 Å². The minimum Gasteiger partial charge on any atom is -0.491 e. The summed E-state index contributed by atoms with van der Waals surface area (Å²) in [7, 11) is 1.59. The topological polar surface area (TPSA) is 43.4 Å². The maximum absolute atomic E-state index is 14.3. The fraction of sp³-hybridized carbons (Fsp3) is 0.211. The highest BCUT2D eigenvalue weighted by molar-refractivity contribution is 5.93. The first-order chi connectivity index (χ1) is 11.7. The van der Waals surface area contributed by atoms with Gasteiger partial charge in [0, 0.05) is 30.4 Å². The van der Waals surface area contributed by atoms with Gasteiger partial charge in [-0.2, -0.15) is 0 Å². The number of fused-ring (bicyclic) bond motifs is 1. The lowest BCUT2D eigenvalue weighted by molar-refractivity contribution is 0.146. The molecule has 0 fully saturated rings. The van der Waals surface area contributed by atoms with E-state index in [1.165, 1.54) is 6.07 Å². The van der Waals surface area contributed by atoms with E-state index in [9.17, 15) is 4.39 Å². The van der Waals surface area contributed by atoms with Crippen LogP contribution < -0.4 is 10.1 Å². The molecule has 0 amide bonds. The Labute approximate surface area is 140 Å². The summed E-state index contributed by atoms with van der Waals surface area (Å²) in [5.74, 6) is 0.104. The van der Waals surface area contributed by atoms with Crippen LogP contribution in [0.15, 0.2) is 48.7 Å². The SMILES string of the molecule is COCCOc1ccc(Nc2ccnc3cc(C)ccc23)c(F)c1. The Hall–Kier alpha value is -2.66. The van der Waals surface area contributed by atoms with Crippen LogP contribution in [0.2, 0.25) is 0 Å². The molecule has 124 valence electrons. The van der Waals surface area contributed by atoms with Crippen molar-refractivity contribution in [3.05, 3.63) is 60.0 Å². The quantitative estimate of drug-likeness (QED) is 0.680. The maximum atomic E-state index is 14.3. The molecule has 0 unspecified atom stereocenters. The molecule has 0 radical (unpaired) electrons. The van der Waals surface area contributed by atoms with Crippen LogP contribution in [0.5, 0.6) is 5.75 Å². The second-order valence-corrected chi connectivity index (χ2v) is 5.49. The van der Waals surface area contributed by atoms with Crippen molar-refractivity contribution in [3.8, 4) is 5.75 Å². The number of pyridine rings is 1. The van der Waals surface area contributed by atoms with Gasteiger partial charge in [0.05, 0.1) is 17.8 Å². The number of nitrogens with zero attached hydrogens (tertiary/aromatic N) is 1. The number of halogens is 1. The van der Waals surface area contributed by atoms with E-state index in [0.717, 1.165) is 22.2 Å². The molecular formula is C19H19FN2O2. The van der Waals surface area contributed by atoms with Gasteiger partial charge in [-0.15, -0.1) is 0 Å². The number of nitrogens with one attached hydrogen (secondary N) is 1. The monoisotopic (exact) mass is 326 g/mol. The zero-order chi connectivity index (χ0) is 16.9. The normalized spacial score (nSPS) is 10.8. The Kier molecular flexibility index (Phi) is 4.91. The predicted molar refractivity (Wildman–Crippen MR) is 93.5 cm³/mol. The molecule has 0 atom stereocenters. The van der Waals surface area contributed by atoms with E-state index in [2.05, 4.69) is 10.3 Å². The van der Waals surface area contributed by atoms with Gasteiger partial charge in [0.1, 0.15) is 18.2 Å². The average Bonchev–Trinajstić information content (AvgIpc) is 2.57. The van der Waals surface area contributed by atoms with Gasteiger partial charge in [0.15, 0.2) is 0 Å². The molecule has 0 saturated carbocycles. The average molecular weight is 326 g/mol. The third-order valence-electron chi connectivity index (χ3n) is 3.66. The molecule has 0 aliphatic rings. The summed E-state index contributed by atoms with van der Waals surface area (Å²) < 4.78 is 24.6. The summed E-state index contributed by atoms with van der Waals surface area (Å²) in [4.78, 5) is 4.36. The minimum absolute atomic E-state index is 0.373. The van der Waals surface area contributed by atoms with E-state index in [4.69, 9.17) is 9.47 Å². The van der Waals surface area contributed by atoms with E-state index in [1.54, 1.807) is 25.4 Å². The molecule has 0 aliphatic carbocycles. The number of ether oxygens (including phenoxy) is 2. The molecule has 1 aromatic heterocycles. The van der Waals surface area contributed by atoms with Gasteiger partial charge in [-0.1, -0.05) is 12.1 Å². The van der Waals surface area contributed by atoms with Crippen LogP contribution in [0.4, 0.5) is 15.8 Å². The first-order valence-corrected chi connectivity index (χ1v) is 7.71. The molecule has 1 heterocycles. The van der Waals surface area contributed by atoms with Gasteiger partial charge >= 0.3 is 0 Å². The summed E-state index contributed by atoms with van der Waals surface area (Å²) in [5, 5.41) is 4.08. The van der Waals surface area contributed by atoms with Crippen molar-refractivity contribution < 1.29 is 13.9 Å². The number of hydrogen-bond acceptors (Lipinski definition) is 4. The second kappa shape index (κ2) is 7.27. The first kappa shape index (κ1) is 16.2. The Bertz CT molecular complexity index is 852. The standard InChI is InChI=1S/C19H19FN2O2/c1-13-3-5-15-17(7-8-21-19(15)11-13)22-18-6-4-14(12-16(18)20)24-10-9-23-2/h3-8,11-12H,9-10H2,1-2H3,(H,21,22). The highest BCUT2D eigenvalue weighted by atomic mass is 19.1. The van der Waals surface area contributed by atoms with E-state index >= 15 is 0 Å². The lowest BCUT2D eigenvalue weighted by atomic mass is 10.1. The van der Waals surface area contributed by atoms with Crippen molar-refractivity contribution >= 4 is 22.3 Å². The molecule has 1 N–H and O–H groups in total. The van der Waals surface area contributed by atoms with E-state index < -0.39 is 0 Å². The van der Waals surface area contributed by atoms with Crippen molar-refractivity contribution in [2.75, 3.05) is 25.6 Å². The Morgan fingerprint density at radius 2 is 1.92 bits per heavy atom. The summed E-state index contributed by atoms with van der Waals surface area (Å²) in [6.07, 6.45) is 1.71. The van der Waals surface area contributed by atoms with E-state index in [1.807, 2.05) is 31.2 Å². The fourth-order valence-corrected chi connectivity index (χ4v) is 2.44. The number of methoxy groups -OCH3 is 1. The van der Waals surface area contributed by atoms with Crippen molar-refractivity contribution in [2.45, 2.75) is 6.92 Å². The Balaban J connectivity index is 1.83. The maximum Gasteiger partial charge on any atom is 0.150 e. The third kappa shape index (κ3) is 3.63. The molecular weight excluding hydrogens is 307 g/mol. The van der Waals surface area contributed by atoms with Crippen LogP contribution in [-0.2, 0) is 4.74 Å². The summed E-state index contributed by atoms with van der Waals surface area (Å²) >= 11 is 0. The van der Waals surface area contributed by atoms with Gasteiger partial charge < -0.3 is 14.8 Å². The molecule has 0 spiro atoms. The highest BCUT2D eigenvalue weighted by Crippen LogP contribution is 2.28. The van der Waals surface area contributed by atoms with Gasteiger partial charge in [0.25, 0.3) is 0 Å². The van der Waals surface area contributed by atoms with Crippen molar-refractivity contribution in [3.63, 3.8) is 0 Å². The number of anilines is 2. The largest absolute Gasteiger partial charge is 0.491 e. The van der Waals surface area contributed by atoms with Crippen molar-refractivity contribution in [2.24, 2.45) is 0 Å². The molecule has 3 rings (SSSR count). The molecule has 3 aromatic rings. The number of rotatable bonds is 6. The molecule has 24 heavy (non-hydrogen) atoms. The Morgan fingerprint density at radius 3 is 2.71 bits per heavy atom. The van der Waals surface area contributed by atoms with Crippen LogP contribution in [0.25, 0.3) is 10.9 Å². The Morgan fingerprint density at radius 1 is 1.04 bits per heavy atom. The summed E-state index contributed by atoms with van der Waals surface area (Å²) in [6, 6.07) is 12.6. The van der Waals surface area contributed by atoms with Crippen LogP contribution in [0.1, 0.15) is 5.56 Å². The number of aromatic nitrogens is 1. The molecule has 0 aliphatic heterocycles. The minimum atomic E-state index is -0.373. The predicted octanol–water partition coefficient (Wildman–Crippen LogP) is 4.45. The number of aryl methyl sites for hydroxylation is 1. The lowest BCUT2D eigenvalue weighted by Gasteiger charge is -2.12. The molecule has 0 saturated heterocycles. The summed E-state index contributed by atoms with van der Waals surface area (Å²) in [6.45, 7) is 2.87. The highest BCUT2D eigenvalue weighted by Gasteiger charge is 2.08. The number of benzene rings is 2. The molecule has 5 heteroatoms. The molecule has 2 aromatic carbocycles. The van der Waals surface area contributed by atoms with E-state index in [0.29, 0.717) is 24.7 Å². The van der Waals surface area contributed by atoms with Gasteiger partial charge in [-0.3, -0.25) is 4.98 Å². The van der Waals surface area contributed by atoms with Crippen LogP contribution in [0.3, 0.4) is 0 Å². The zero-order valence-electron chi connectivity index (χ0n) is 13.7. The first-order valence-electron chi connectivity index (χ1n) is 7.71. The van der Waals surface area contributed by atoms with E-state index in [-0.39, 0.29) is 5.82 Å². The van der Waals surface area contributed by atoms with Crippen LogP contribution >= 0.6 is 0 Å². The van der Waals surface area contributed by atoms with Crippen molar-refractivity contribution in [1.29, 1.82) is 0 Å². The third-order valence-corrected chi connectivity index (χ3v) is 3.66. The lowest BCUT2D eigenvalue weighted by Crippen LogP contribution is -2.04. The second-order valence-electron chi connectivity index (χ2n) is 5.49. The zero-order valence-corrected chi connectivity index (χ0v) is 13.7. The van der Waals surface area contributed by atoms with Gasteiger partial charge in [-0.25, -0.2) is 4.39 Å². The number of hydrogen-bond donors (Lipinski definition) is 1. The summed E-state index contributed by atoms with van der Waals surface area (Å²) in [5.41, 5.74) is 3.21.